The van der Waals surface area contributed by atoms with Crippen LogP contribution in [0.15, 0.2) is 48.0 Å². The van der Waals surface area contributed by atoms with Crippen LogP contribution in [0.3, 0.4) is 0 Å². The molecule has 0 saturated carbocycles. The normalized spacial score (nSPS) is 18.3. The molecule has 0 N–H and O–H groups in total. The number of hydrogen-bond donors (Lipinski definition) is 0. The minimum Gasteiger partial charge on any atom is -0.561 e. The maximum Gasteiger partial charge on any atom is 0.225 e. The molecule has 227 valence electrons. The Bertz CT molecular complexity index is 1360. The zero-order chi connectivity index (χ0) is 29.7. The van der Waals surface area contributed by atoms with Gasteiger partial charge in [-0.3, -0.25) is 0 Å². The summed E-state index contributed by atoms with van der Waals surface area (Å²) >= 11 is 0. The van der Waals surface area contributed by atoms with Crippen LogP contribution in [0.4, 0.5) is 10.3 Å². The van der Waals surface area contributed by atoms with E-state index in [1.54, 1.807) is 24.5 Å². The van der Waals surface area contributed by atoms with E-state index in [4.69, 9.17) is 14.0 Å². The molecule has 5 rings (SSSR count). The molecule has 0 aliphatic carbocycles. The largest absolute Gasteiger partial charge is 0.561 e. The number of ether oxygens (including phenoxy) is 1. The first-order valence-corrected chi connectivity index (χ1v) is 17.8. The number of halogens is 1. The molecule has 2 aromatic heterocycles. The molecule has 0 bridgehead atoms. The molecule has 0 amide bonds. The average Bonchev–Trinajstić information content (AvgIpc) is 3.46. The Balaban J connectivity index is 1.12. The van der Waals surface area contributed by atoms with Crippen LogP contribution in [0.1, 0.15) is 70.4 Å². The Hall–Kier alpha value is -3.15. The quantitative estimate of drug-likeness (QED) is 0.197. The van der Waals surface area contributed by atoms with E-state index in [0.29, 0.717) is 29.2 Å². The minimum absolute atomic E-state index is 0.0237. The van der Waals surface area contributed by atoms with Crippen molar-refractivity contribution in [2.24, 2.45) is 5.16 Å². The third kappa shape index (κ3) is 7.24. The number of hydrogen-bond acceptors (Lipinski definition) is 8. The molecule has 9 nitrogen and oxygen atoms in total. The summed E-state index contributed by atoms with van der Waals surface area (Å²) in [7, 11) is -1.99. The number of anilines is 1. The number of piperidine rings is 1. The first-order chi connectivity index (χ1) is 20.1. The summed E-state index contributed by atoms with van der Waals surface area (Å²) in [6.07, 6.45) is 10.2. The molecular formula is C31H43FN6O3Si-. The smallest absolute Gasteiger partial charge is 0.225 e. The van der Waals surface area contributed by atoms with Gasteiger partial charge in [-0.2, -0.15) is 5.10 Å². The number of nitrogens with zero attached hydrogens (tertiary/aromatic N) is 6. The van der Waals surface area contributed by atoms with Gasteiger partial charge >= 0.3 is 0 Å². The first kappa shape index (κ1) is 30.3. The van der Waals surface area contributed by atoms with Gasteiger partial charge in [0.25, 0.3) is 0 Å². The Morgan fingerprint density at radius 3 is 2.52 bits per heavy atom. The number of benzene rings is 1. The van der Waals surface area contributed by atoms with E-state index in [2.05, 4.69) is 59.0 Å². The molecule has 0 radical (unpaired) electrons. The van der Waals surface area contributed by atoms with E-state index in [1.807, 2.05) is 23.0 Å². The van der Waals surface area contributed by atoms with E-state index >= 15 is 4.39 Å². The van der Waals surface area contributed by atoms with Gasteiger partial charge in [-0.25, -0.2) is 19.0 Å². The second-order valence-electron chi connectivity index (χ2n) is 12.6. The highest BCUT2D eigenvalue weighted by molar-refractivity contribution is 6.74. The van der Waals surface area contributed by atoms with Gasteiger partial charge in [-0.15, -0.1) is 18.1 Å². The van der Waals surface area contributed by atoms with Gasteiger partial charge in [0.2, 0.25) is 5.95 Å². The van der Waals surface area contributed by atoms with Crippen molar-refractivity contribution in [2.45, 2.75) is 90.4 Å². The monoisotopic (exact) mass is 594 g/mol. The topological polar surface area (TPSA) is 86.9 Å². The Kier molecular flexibility index (Phi) is 9.39. The maximum atomic E-state index is 15.5. The number of rotatable bonds is 9. The van der Waals surface area contributed by atoms with Gasteiger partial charge in [0, 0.05) is 74.4 Å². The summed E-state index contributed by atoms with van der Waals surface area (Å²) in [4.78, 5) is 16.9. The second kappa shape index (κ2) is 13.0. The molecule has 2 saturated heterocycles. The zero-order valence-corrected chi connectivity index (χ0v) is 26.5. The second-order valence-corrected chi connectivity index (χ2v) is 17.4. The number of aromatic nitrogens is 4. The van der Waals surface area contributed by atoms with Crippen LogP contribution in [0.2, 0.25) is 18.1 Å². The molecule has 1 aromatic carbocycles. The van der Waals surface area contributed by atoms with Crippen molar-refractivity contribution in [1.82, 2.24) is 19.7 Å². The van der Waals surface area contributed by atoms with Crippen molar-refractivity contribution in [2.75, 3.05) is 24.6 Å². The van der Waals surface area contributed by atoms with Crippen molar-refractivity contribution < 1.29 is 18.4 Å². The zero-order valence-electron chi connectivity index (χ0n) is 25.5. The SMILES string of the molecule is CC(C)(C)[Si-](C)(C)OCc1cccc(-c2cnc(N3CCC(=NOCc4ccn(C5CCCCO5)n4)CC3)nc2)c1F. The van der Waals surface area contributed by atoms with Gasteiger partial charge in [-0.1, -0.05) is 44.1 Å². The lowest BCUT2D eigenvalue weighted by Gasteiger charge is -2.48. The summed E-state index contributed by atoms with van der Waals surface area (Å²) in [5, 5.41) is 9.01. The fourth-order valence-electron chi connectivity index (χ4n) is 4.81. The predicted octanol–water partition coefficient (Wildman–Crippen LogP) is 6.87. The molecule has 2 fully saturated rings. The molecule has 11 heteroatoms. The molecule has 1 atom stereocenters. The summed E-state index contributed by atoms with van der Waals surface area (Å²) in [6, 6.07) is 7.37. The van der Waals surface area contributed by atoms with Gasteiger partial charge in [0.15, 0.2) is 6.61 Å². The standard InChI is InChI=1S/C31H43FN6O3Si/c1-31(2,3)42(4,5)41-21-23-9-8-10-27(29(23)32)24-19-33-30(34-20-24)37-15-12-25(13-16-37)36-40-22-26-14-17-38(35-26)28-11-6-7-18-39-28/h8-10,14,17,19-20,28H,6-7,11-13,15-16,18,21-22H2,1-5H3/q-1. The van der Waals surface area contributed by atoms with Gasteiger partial charge in [0.05, 0.1) is 5.71 Å². The molecule has 2 aliphatic rings. The highest BCUT2D eigenvalue weighted by Crippen LogP contribution is 2.37. The maximum absolute atomic E-state index is 15.5. The fourth-order valence-corrected chi connectivity index (χ4v) is 5.75. The third-order valence-corrected chi connectivity index (χ3v) is 13.0. The average molecular weight is 595 g/mol. The van der Waals surface area contributed by atoms with Crippen LogP contribution in [0.5, 0.6) is 0 Å². The Morgan fingerprint density at radius 2 is 1.83 bits per heavy atom. The summed E-state index contributed by atoms with van der Waals surface area (Å²) in [6.45, 7) is 13.7. The van der Waals surface area contributed by atoms with Crippen molar-refractivity contribution in [3.8, 4) is 11.1 Å². The van der Waals surface area contributed by atoms with Crippen molar-refractivity contribution in [3.63, 3.8) is 0 Å². The van der Waals surface area contributed by atoms with Crippen molar-refractivity contribution in [3.05, 3.63) is 59.9 Å². The van der Waals surface area contributed by atoms with Gasteiger partial charge < -0.3 is 18.9 Å². The van der Waals surface area contributed by atoms with Crippen LogP contribution < -0.4 is 4.90 Å². The molecule has 3 aromatic rings. The van der Waals surface area contributed by atoms with Crippen LogP contribution in [0, 0.1) is 5.82 Å². The van der Waals surface area contributed by atoms with E-state index in [1.165, 1.54) is 0 Å². The van der Waals surface area contributed by atoms with Crippen LogP contribution in [-0.4, -0.2) is 53.5 Å². The summed E-state index contributed by atoms with van der Waals surface area (Å²) in [5.74, 6) is 0.354. The predicted molar refractivity (Wildman–Crippen MR) is 164 cm³/mol. The Morgan fingerprint density at radius 1 is 1.07 bits per heavy atom. The molecule has 1 unspecified atom stereocenters. The highest BCUT2D eigenvalue weighted by atomic mass is 28.4. The summed E-state index contributed by atoms with van der Waals surface area (Å²) in [5.41, 5.74) is 3.54. The van der Waals surface area contributed by atoms with Crippen molar-refractivity contribution in [1.29, 1.82) is 0 Å². The van der Waals surface area contributed by atoms with Crippen LogP contribution in [0.25, 0.3) is 11.1 Å². The first-order valence-electron chi connectivity index (χ1n) is 14.9. The molecule has 0 spiro atoms. The minimum atomic E-state index is -1.99. The molecular weight excluding hydrogens is 551 g/mol. The number of oxime groups is 1. The Labute approximate surface area is 249 Å². The van der Waals surface area contributed by atoms with Crippen LogP contribution in [-0.2, 0) is 27.2 Å². The lowest BCUT2D eigenvalue weighted by molar-refractivity contribution is -0.0400. The lowest BCUT2D eigenvalue weighted by atomic mass is 10.1. The molecule has 2 aliphatic heterocycles. The lowest BCUT2D eigenvalue weighted by Crippen LogP contribution is -2.40. The highest BCUT2D eigenvalue weighted by Gasteiger charge is 2.25. The van der Waals surface area contributed by atoms with E-state index < -0.39 is 8.32 Å². The molecule has 42 heavy (non-hydrogen) atoms. The van der Waals surface area contributed by atoms with Gasteiger partial charge in [-0.05, 0) is 33.6 Å². The summed E-state index contributed by atoms with van der Waals surface area (Å²) < 4.78 is 29.4. The van der Waals surface area contributed by atoms with Gasteiger partial charge in [0.1, 0.15) is 17.7 Å². The molecule has 4 heterocycles. The van der Waals surface area contributed by atoms with Crippen molar-refractivity contribution >= 4 is 20.0 Å². The van der Waals surface area contributed by atoms with E-state index in [0.717, 1.165) is 63.2 Å². The fraction of sp³-hybridized carbons (Fsp3) is 0.548. The van der Waals surface area contributed by atoms with Crippen LogP contribution >= 0.6 is 0 Å². The third-order valence-electron chi connectivity index (χ3n) is 8.57. The van der Waals surface area contributed by atoms with E-state index in [9.17, 15) is 0 Å². The van der Waals surface area contributed by atoms with E-state index in [-0.39, 0.29) is 23.7 Å².